The number of hydrogen-bond donors (Lipinski definition) is 1. The van der Waals surface area contributed by atoms with Gasteiger partial charge in [0.15, 0.2) is 0 Å². The van der Waals surface area contributed by atoms with E-state index in [0.717, 1.165) is 23.3 Å². The fraction of sp³-hybridized carbons (Fsp3) is 0.136. The van der Waals surface area contributed by atoms with Gasteiger partial charge in [-0.15, -0.1) is 0 Å². The third kappa shape index (κ3) is 5.11. The molecule has 0 fully saturated rings. The maximum atomic E-state index is 11.9. The zero-order valence-corrected chi connectivity index (χ0v) is 14.6. The molecule has 1 radical (unpaired) electrons. The molecule has 0 atom stereocenters. The Morgan fingerprint density at radius 3 is 2.38 bits per heavy atom. The Bertz CT molecular complexity index is 828. The highest BCUT2D eigenvalue weighted by Crippen LogP contribution is 2.16. The van der Waals surface area contributed by atoms with E-state index in [-0.39, 0.29) is 6.61 Å². The Kier molecular flexibility index (Phi) is 5.88. The molecule has 1 N–H and O–H groups in total. The van der Waals surface area contributed by atoms with Crippen LogP contribution in [0.3, 0.4) is 0 Å². The Morgan fingerprint density at radius 2 is 1.73 bits per heavy atom. The van der Waals surface area contributed by atoms with Crippen LogP contribution in [0, 0.1) is 6.07 Å². The number of amides is 1. The molecule has 0 saturated heterocycles. The summed E-state index contributed by atoms with van der Waals surface area (Å²) >= 11 is 0. The van der Waals surface area contributed by atoms with Gasteiger partial charge < -0.3 is 9.47 Å². The number of rotatable bonds is 6. The van der Waals surface area contributed by atoms with Crippen LogP contribution in [0.15, 0.2) is 72.8 Å². The molecule has 0 spiro atoms. The third-order valence-electron chi connectivity index (χ3n) is 3.89. The highest BCUT2D eigenvalue weighted by molar-refractivity contribution is 5.84. The van der Waals surface area contributed by atoms with E-state index in [4.69, 9.17) is 9.47 Å². The maximum absolute atomic E-state index is 11.9. The number of anilines is 1. The maximum Gasteiger partial charge on any atom is 0.411 e. The Balaban J connectivity index is 1.51. The first-order valence-corrected chi connectivity index (χ1v) is 8.34. The van der Waals surface area contributed by atoms with Crippen molar-refractivity contribution >= 4 is 11.8 Å². The molecule has 0 saturated carbocycles. The molecule has 0 aliphatic heterocycles. The summed E-state index contributed by atoms with van der Waals surface area (Å²) in [5.41, 5.74) is 3.81. The summed E-state index contributed by atoms with van der Waals surface area (Å²) in [6, 6.07) is 26.2. The molecule has 4 nitrogen and oxygen atoms in total. The van der Waals surface area contributed by atoms with Gasteiger partial charge in [0.05, 0.1) is 7.11 Å². The van der Waals surface area contributed by atoms with E-state index >= 15 is 0 Å². The van der Waals surface area contributed by atoms with Crippen LogP contribution >= 0.6 is 0 Å². The van der Waals surface area contributed by atoms with Crippen molar-refractivity contribution in [1.29, 1.82) is 0 Å². The molecular weight excluding hydrogens is 326 g/mol. The van der Waals surface area contributed by atoms with Gasteiger partial charge in [0.1, 0.15) is 12.4 Å². The van der Waals surface area contributed by atoms with Gasteiger partial charge in [0, 0.05) is 5.69 Å². The number of nitrogens with one attached hydrogen (secondary N) is 1. The average molecular weight is 346 g/mol. The Hall–Kier alpha value is -3.27. The van der Waals surface area contributed by atoms with E-state index < -0.39 is 6.09 Å². The van der Waals surface area contributed by atoms with Crippen LogP contribution in [0.5, 0.6) is 5.75 Å². The van der Waals surface area contributed by atoms with Crippen LogP contribution in [-0.4, -0.2) is 13.2 Å². The summed E-state index contributed by atoms with van der Waals surface area (Å²) in [6.07, 6.45) is 0.285. The minimum atomic E-state index is -0.481. The van der Waals surface area contributed by atoms with Crippen molar-refractivity contribution in [3.63, 3.8) is 0 Å². The Morgan fingerprint density at radius 1 is 0.962 bits per heavy atom. The highest BCUT2D eigenvalue weighted by atomic mass is 16.5. The van der Waals surface area contributed by atoms with E-state index in [1.54, 1.807) is 13.2 Å². The summed E-state index contributed by atoms with van der Waals surface area (Å²) < 4.78 is 10.4. The molecular formula is C22H20NO3. The minimum Gasteiger partial charge on any atom is -0.497 e. The third-order valence-corrected chi connectivity index (χ3v) is 3.89. The normalized spacial score (nSPS) is 10.2. The standard InChI is InChI=1S/C22H20NO3/c1-25-21-13-9-18(10-14-21)15-17-7-11-20(12-8-17)23-22(24)26-16-19-5-3-2-4-6-19/h2-7,9-14H,15-16H2,1H3,(H,23,24). The van der Waals surface area contributed by atoms with Gasteiger partial charge >= 0.3 is 6.09 Å². The summed E-state index contributed by atoms with van der Waals surface area (Å²) in [5.74, 6) is 0.839. The van der Waals surface area contributed by atoms with Crippen LogP contribution in [0.1, 0.15) is 16.7 Å². The molecule has 0 heterocycles. The van der Waals surface area contributed by atoms with E-state index in [1.807, 2.05) is 66.7 Å². The number of ether oxygens (including phenoxy) is 2. The largest absolute Gasteiger partial charge is 0.497 e. The van der Waals surface area contributed by atoms with Gasteiger partial charge in [-0.1, -0.05) is 48.5 Å². The lowest BCUT2D eigenvalue weighted by Gasteiger charge is -2.08. The number of carbonyl (C=O) groups is 1. The van der Waals surface area contributed by atoms with Gasteiger partial charge in [-0.2, -0.15) is 0 Å². The van der Waals surface area contributed by atoms with Gasteiger partial charge in [0.25, 0.3) is 0 Å². The first-order valence-electron chi connectivity index (χ1n) is 8.34. The predicted molar refractivity (Wildman–Crippen MR) is 101 cm³/mol. The molecule has 3 aromatic rings. The number of hydrogen-bond acceptors (Lipinski definition) is 3. The quantitative estimate of drug-likeness (QED) is 0.695. The fourth-order valence-corrected chi connectivity index (χ4v) is 2.49. The first-order chi connectivity index (χ1) is 12.7. The molecule has 0 unspecified atom stereocenters. The van der Waals surface area contributed by atoms with Crippen molar-refractivity contribution < 1.29 is 14.3 Å². The molecule has 0 aliphatic rings. The van der Waals surface area contributed by atoms with E-state index in [1.165, 1.54) is 5.56 Å². The van der Waals surface area contributed by atoms with Crippen LogP contribution < -0.4 is 10.1 Å². The zero-order chi connectivity index (χ0) is 18.2. The van der Waals surface area contributed by atoms with E-state index in [0.29, 0.717) is 5.69 Å². The lowest BCUT2D eigenvalue weighted by molar-refractivity contribution is 0.155. The van der Waals surface area contributed by atoms with Crippen molar-refractivity contribution in [3.05, 3.63) is 95.6 Å². The van der Waals surface area contributed by atoms with Crippen LogP contribution in [0.25, 0.3) is 0 Å². The van der Waals surface area contributed by atoms with Crippen molar-refractivity contribution in [2.75, 3.05) is 12.4 Å². The molecule has 3 rings (SSSR count). The van der Waals surface area contributed by atoms with E-state index in [2.05, 4.69) is 11.4 Å². The highest BCUT2D eigenvalue weighted by Gasteiger charge is 2.04. The number of carbonyl (C=O) groups excluding carboxylic acids is 1. The second kappa shape index (κ2) is 8.72. The SMILES string of the molecule is COc1ccc(Cc2[c]cc(NC(=O)OCc3ccccc3)cc2)cc1. The molecule has 131 valence electrons. The molecule has 26 heavy (non-hydrogen) atoms. The minimum absolute atomic E-state index is 0.242. The first kappa shape index (κ1) is 17.5. The van der Waals surface area contributed by atoms with Gasteiger partial charge in [-0.3, -0.25) is 5.32 Å². The molecule has 4 heteroatoms. The lowest BCUT2D eigenvalue weighted by atomic mass is 10.0. The van der Waals surface area contributed by atoms with Crippen molar-refractivity contribution in [1.82, 2.24) is 0 Å². The fourth-order valence-electron chi connectivity index (χ4n) is 2.49. The Labute approximate surface area is 153 Å². The molecule has 3 aromatic carbocycles. The second-order valence-corrected chi connectivity index (χ2v) is 5.81. The molecule has 1 amide bonds. The monoisotopic (exact) mass is 346 g/mol. The summed E-state index contributed by atoms with van der Waals surface area (Å²) in [4.78, 5) is 11.9. The van der Waals surface area contributed by atoms with Gasteiger partial charge in [0.2, 0.25) is 0 Å². The summed E-state index contributed by atoms with van der Waals surface area (Å²) in [6.45, 7) is 0.242. The van der Waals surface area contributed by atoms with Crippen molar-refractivity contribution in [2.24, 2.45) is 0 Å². The lowest BCUT2D eigenvalue weighted by Crippen LogP contribution is -2.13. The summed E-state index contributed by atoms with van der Waals surface area (Å²) in [5, 5.41) is 2.71. The van der Waals surface area contributed by atoms with Crippen molar-refractivity contribution in [3.8, 4) is 5.75 Å². The van der Waals surface area contributed by atoms with Gasteiger partial charge in [-0.05, 0) is 53.4 Å². The van der Waals surface area contributed by atoms with Crippen molar-refractivity contribution in [2.45, 2.75) is 13.0 Å². The van der Waals surface area contributed by atoms with Crippen LogP contribution in [0.4, 0.5) is 10.5 Å². The predicted octanol–water partition coefficient (Wildman–Crippen LogP) is 4.83. The molecule has 0 aromatic heterocycles. The molecule has 0 aliphatic carbocycles. The molecule has 0 bridgehead atoms. The van der Waals surface area contributed by atoms with E-state index in [9.17, 15) is 4.79 Å². The smallest absolute Gasteiger partial charge is 0.411 e. The number of benzene rings is 3. The zero-order valence-electron chi connectivity index (χ0n) is 14.6. The number of methoxy groups -OCH3 is 1. The topological polar surface area (TPSA) is 47.6 Å². The summed E-state index contributed by atoms with van der Waals surface area (Å²) in [7, 11) is 1.65. The van der Waals surface area contributed by atoms with Crippen LogP contribution in [-0.2, 0) is 17.8 Å². The average Bonchev–Trinajstić information content (AvgIpc) is 2.69. The van der Waals surface area contributed by atoms with Crippen LogP contribution in [0.2, 0.25) is 0 Å². The second-order valence-electron chi connectivity index (χ2n) is 5.81. The van der Waals surface area contributed by atoms with Gasteiger partial charge in [-0.25, -0.2) is 4.79 Å².